The van der Waals surface area contributed by atoms with E-state index in [0.717, 1.165) is 0 Å². The zero-order chi connectivity index (χ0) is 13.6. The van der Waals surface area contributed by atoms with Crippen LogP contribution in [-0.4, -0.2) is 26.2 Å². The maximum Gasteiger partial charge on any atom is 0.310 e. The molecule has 0 aliphatic heterocycles. The first kappa shape index (κ1) is 17.3. The molecule has 0 aromatic rings. The van der Waals surface area contributed by atoms with Gasteiger partial charge in [-0.15, -0.1) is 0 Å². The fraction of sp³-hybridized carbons (Fsp3) is 0.833. The first-order valence-corrected chi connectivity index (χ1v) is 5.13. The van der Waals surface area contributed by atoms with Crippen molar-refractivity contribution < 1.29 is 19.1 Å². The predicted molar refractivity (Wildman–Crippen MR) is 62.9 cm³/mol. The Morgan fingerprint density at radius 1 is 0.688 bits per heavy atom. The predicted octanol–water partition coefficient (Wildman–Crippen LogP) is 2.41. The number of esters is 2. The summed E-state index contributed by atoms with van der Waals surface area (Å²) in [6, 6.07) is 0. The smallest absolute Gasteiger partial charge is 0.310 e. The van der Waals surface area contributed by atoms with Gasteiger partial charge < -0.3 is 9.47 Å². The lowest BCUT2D eigenvalue weighted by molar-refractivity contribution is -0.150. The van der Waals surface area contributed by atoms with Gasteiger partial charge in [0.05, 0.1) is 25.0 Å². The van der Waals surface area contributed by atoms with Gasteiger partial charge in [-0.25, -0.2) is 0 Å². The maximum atomic E-state index is 10.6. The SMILES string of the molecule is COC(=O)C(C)(C)C.COC(=O)C(C)(C)C. The van der Waals surface area contributed by atoms with Gasteiger partial charge >= 0.3 is 11.9 Å². The number of methoxy groups -OCH3 is 2. The standard InChI is InChI=1S/2C6H12O2/c2*1-6(2,3)5(7)8-4/h2*1-4H3. The van der Waals surface area contributed by atoms with Crippen LogP contribution in [0.4, 0.5) is 0 Å². The largest absolute Gasteiger partial charge is 0.469 e. The van der Waals surface area contributed by atoms with E-state index in [0.29, 0.717) is 0 Å². The number of ether oxygens (including phenoxy) is 2. The van der Waals surface area contributed by atoms with Gasteiger partial charge in [0, 0.05) is 0 Å². The molecule has 0 N–H and O–H groups in total. The fourth-order valence-electron chi connectivity index (χ4n) is 0.612. The van der Waals surface area contributed by atoms with Crippen molar-refractivity contribution in [2.45, 2.75) is 41.5 Å². The highest BCUT2D eigenvalue weighted by Gasteiger charge is 2.21. The van der Waals surface area contributed by atoms with Gasteiger partial charge in [-0.1, -0.05) is 0 Å². The van der Waals surface area contributed by atoms with Crippen molar-refractivity contribution in [2.24, 2.45) is 10.8 Å². The molecule has 0 heterocycles. The summed E-state index contributed by atoms with van der Waals surface area (Å²) in [4.78, 5) is 21.2. The molecule has 0 aliphatic carbocycles. The number of hydrogen-bond acceptors (Lipinski definition) is 4. The quantitative estimate of drug-likeness (QED) is 0.602. The minimum Gasteiger partial charge on any atom is -0.469 e. The van der Waals surface area contributed by atoms with Crippen molar-refractivity contribution in [2.75, 3.05) is 14.2 Å². The van der Waals surface area contributed by atoms with Crippen LogP contribution >= 0.6 is 0 Å². The van der Waals surface area contributed by atoms with Gasteiger partial charge in [0.15, 0.2) is 0 Å². The lowest BCUT2D eigenvalue weighted by atomic mass is 9.98. The molecular weight excluding hydrogens is 208 g/mol. The molecule has 4 nitrogen and oxygen atoms in total. The van der Waals surface area contributed by atoms with Gasteiger partial charge in [0.25, 0.3) is 0 Å². The molecule has 0 fully saturated rings. The fourth-order valence-corrected chi connectivity index (χ4v) is 0.612. The summed E-state index contributed by atoms with van der Waals surface area (Å²) in [5, 5.41) is 0. The van der Waals surface area contributed by atoms with Crippen LogP contribution in [0.1, 0.15) is 41.5 Å². The number of hydrogen-bond donors (Lipinski definition) is 0. The van der Waals surface area contributed by atoms with Gasteiger partial charge in [0.1, 0.15) is 0 Å². The van der Waals surface area contributed by atoms with E-state index >= 15 is 0 Å². The summed E-state index contributed by atoms with van der Waals surface area (Å²) < 4.78 is 8.95. The van der Waals surface area contributed by atoms with Crippen LogP contribution in [0.2, 0.25) is 0 Å². The molecule has 0 saturated carbocycles. The zero-order valence-corrected chi connectivity index (χ0v) is 11.6. The van der Waals surface area contributed by atoms with E-state index in [4.69, 9.17) is 0 Å². The van der Waals surface area contributed by atoms with Crippen LogP contribution in [0.25, 0.3) is 0 Å². The molecule has 16 heavy (non-hydrogen) atoms. The summed E-state index contributed by atoms with van der Waals surface area (Å²) in [5.74, 6) is -0.338. The van der Waals surface area contributed by atoms with Crippen LogP contribution in [0.3, 0.4) is 0 Å². The second kappa shape index (κ2) is 6.51. The first-order chi connectivity index (χ1) is 6.96. The third-order valence-corrected chi connectivity index (χ3v) is 1.60. The Morgan fingerprint density at radius 3 is 0.875 bits per heavy atom. The molecule has 0 bridgehead atoms. The molecule has 0 radical (unpaired) electrons. The van der Waals surface area contributed by atoms with E-state index in [2.05, 4.69) is 9.47 Å². The summed E-state index contributed by atoms with van der Waals surface area (Å²) >= 11 is 0. The van der Waals surface area contributed by atoms with Crippen LogP contribution in [0.15, 0.2) is 0 Å². The Kier molecular flexibility index (Phi) is 7.05. The molecule has 0 saturated heterocycles. The van der Waals surface area contributed by atoms with Crippen LogP contribution in [0, 0.1) is 10.8 Å². The molecule has 0 aromatic carbocycles. The third kappa shape index (κ3) is 8.26. The molecule has 0 aromatic heterocycles. The highest BCUT2D eigenvalue weighted by Crippen LogP contribution is 2.14. The van der Waals surface area contributed by atoms with Crippen molar-refractivity contribution in [3.8, 4) is 0 Å². The van der Waals surface area contributed by atoms with Crippen molar-refractivity contribution in [1.82, 2.24) is 0 Å². The average molecular weight is 232 g/mol. The number of rotatable bonds is 0. The average Bonchev–Trinajstić information content (AvgIpc) is 2.13. The van der Waals surface area contributed by atoms with Crippen molar-refractivity contribution in [3.63, 3.8) is 0 Å². The molecule has 96 valence electrons. The monoisotopic (exact) mass is 232 g/mol. The zero-order valence-electron chi connectivity index (χ0n) is 11.6. The Labute approximate surface area is 98.3 Å². The Balaban J connectivity index is 0. The van der Waals surface area contributed by atoms with Crippen molar-refractivity contribution >= 4 is 11.9 Å². The Hall–Kier alpha value is -1.06. The van der Waals surface area contributed by atoms with Crippen molar-refractivity contribution in [3.05, 3.63) is 0 Å². The van der Waals surface area contributed by atoms with Gasteiger partial charge in [-0.3, -0.25) is 9.59 Å². The highest BCUT2D eigenvalue weighted by atomic mass is 16.5. The number of carbonyl (C=O) groups excluding carboxylic acids is 2. The highest BCUT2D eigenvalue weighted by molar-refractivity contribution is 5.75. The molecule has 0 rings (SSSR count). The van der Waals surface area contributed by atoms with Crippen LogP contribution < -0.4 is 0 Å². The molecule has 0 unspecified atom stereocenters. The van der Waals surface area contributed by atoms with Crippen molar-refractivity contribution in [1.29, 1.82) is 0 Å². The second-order valence-electron chi connectivity index (χ2n) is 5.48. The Morgan fingerprint density at radius 2 is 0.875 bits per heavy atom. The summed E-state index contributed by atoms with van der Waals surface area (Å²) in [7, 11) is 2.79. The van der Waals surface area contributed by atoms with Crippen LogP contribution in [0.5, 0.6) is 0 Å². The number of carbonyl (C=O) groups is 2. The van der Waals surface area contributed by atoms with E-state index in [-0.39, 0.29) is 22.8 Å². The van der Waals surface area contributed by atoms with Crippen LogP contribution in [-0.2, 0) is 19.1 Å². The Bertz CT molecular complexity index is 204. The molecule has 0 aliphatic rings. The lowest BCUT2D eigenvalue weighted by Crippen LogP contribution is -2.21. The molecule has 0 atom stereocenters. The van der Waals surface area contributed by atoms with Gasteiger partial charge in [-0.2, -0.15) is 0 Å². The van der Waals surface area contributed by atoms with E-state index < -0.39 is 0 Å². The minimum atomic E-state index is -0.352. The molecule has 0 spiro atoms. The molecule has 4 heteroatoms. The van der Waals surface area contributed by atoms with E-state index in [1.165, 1.54) is 14.2 Å². The summed E-state index contributed by atoms with van der Waals surface area (Å²) in [6.07, 6.45) is 0. The maximum absolute atomic E-state index is 10.6. The normalized spacial score (nSPS) is 11.0. The van der Waals surface area contributed by atoms with Gasteiger partial charge in [0.2, 0.25) is 0 Å². The summed E-state index contributed by atoms with van der Waals surface area (Å²) in [5.41, 5.74) is -0.705. The third-order valence-electron chi connectivity index (χ3n) is 1.60. The van der Waals surface area contributed by atoms with E-state index in [9.17, 15) is 9.59 Å². The van der Waals surface area contributed by atoms with E-state index in [1.54, 1.807) is 0 Å². The minimum absolute atomic E-state index is 0.169. The summed E-state index contributed by atoms with van der Waals surface area (Å²) in [6.45, 7) is 10.9. The first-order valence-electron chi connectivity index (χ1n) is 5.13. The topological polar surface area (TPSA) is 52.6 Å². The second-order valence-corrected chi connectivity index (χ2v) is 5.48. The van der Waals surface area contributed by atoms with E-state index in [1.807, 2.05) is 41.5 Å². The molecular formula is C12H24O4. The van der Waals surface area contributed by atoms with Gasteiger partial charge in [-0.05, 0) is 41.5 Å². The molecule has 0 amide bonds. The lowest BCUT2D eigenvalue weighted by Gasteiger charge is -2.13.